The third kappa shape index (κ3) is 3.60. The molecule has 0 aliphatic heterocycles. The molecule has 1 aliphatic carbocycles. The average molecular weight is 367 g/mol. The molecule has 0 saturated heterocycles. The molecule has 4 heteroatoms. The van der Waals surface area contributed by atoms with Crippen LogP contribution in [0.4, 0.5) is 0 Å². The first-order valence-corrected chi connectivity index (χ1v) is 8.23. The van der Waals surface area contributed by atoms with Crippen molar-refractivity contribution in [3.05, 3.63) is 63.1 Å². The van der Waals surface area contributed by atoms with Crippen LogP contribution in [-0.2, 0) is 0 Å². The quantitative estimate of drug-likeness (QED) is 0.808. The van der Waals surface area contributed by atoms with Crippen LogP contribution in [0.3, 0.4) is 0 Å². The van der Waals surface area contributed by atoms with Crippen LogP contribution in [0.15, 0.2) is 46.9 Å². The van der Waals surface area contributed by atoms with Crippen molar-refractivity contribution < 1.29 is 4.74 Å². The van der Waals surface area contributed by atoms with Gasteiger partial charge in [0.25, 0.3) is 0 Å². The van der Waals surface area contributed by atoms with Gasteiger partial charge in [0, 0.05) is 4.47 Å². The van der Waals surface area contributed by atoms with Gasteiger partial charge in [-0.25, -0.2) is 0 Å². The summed E-state index contributed by atoms with van der Waals surface area (Å²) in [6, 6.07) is 14.4. The molecule has 1 N–H and O–H groups in total. The van der Waals surface area contributed by atoms with Crippen LogP contribution in [0, 0.1) is 0 Å². The predicted molar refractivity (Wildman–Crippen MR) is 90.1 cm³/mol. The number of hydrogen-bond donors (Lipinski definition) is 1. The Kier molecular flexibility index (Phi) is 4.53. The zero-order valence-corrected chi connectivity index (χ0v) is 14.1. The van der Waals surface area contributed by atoms with Crippen molar-refractivity contribution in [2.75, 3.05) is 7.05 Å². The lowest BCUT2D eigenvalue weighted by atomic mass is 9.99. The molecule has 110 valence electrons. The highest BCUT2D eigenvalue weighted by Gasteiger charge is 2.23. The molecule has 0 spiro atoms. The van der Waals surface area contributed by atoms with Crippen molar-refractivity contribution in [2.24, 2.45) is 0 Å². The van der Waals surface area contributed by atoms with Crippen LogP contribution in [-0.4, -0.2) is 13.2 Å². The first-order chi connectivity index (χ1) is 10.2. The maximum Gasteiger partial charge on any atom is 0.119 e. The van der Waals surface area contributed by atoms with E-state index in [0.29, 0.717) is 6.10 Å². The van der Waals surface area contributed by atoms with Crippen LogP contribution in [0.5, 0.6) is 5.75 Å². The summed E-state index contributed by atoms with van der Waals surface area (Å²) in [5, 5.41) is 4.06. The van der Waals surface area contributed by atoms with Crippen molar-refractivity contribution in [3.63, 3.8) is 0 Å². The molecule has 0 heterocycles. The van der Waals surface area contributed by atoms with Crippen molar-refractivity contribution in [2.45, 2.75) is 25.0 Å². The highest BCUT2D eigenvalue weighted by Crippen LogP contribution is 2.31. The number of halogens is 2. The minimum Gasteiger partial charge on any atom is -0.490 e. The predicted octanol–water partition coefficient (Wildman–Crippen LogP) is 4.95. The second-order valence-corrected chi connectivity index (χ2v) is 6.54. The Morgan fingerprint density at radius 2 is 1.81 bits per heavy atom. The molecule has 2 aromatic carbocycles. The third-order valence-electron chi connectivity index (χ3n) is 3.61. The summed E-state index contributed by atoms with van der Waals surface area (Å²) >= 11 is 9.62. The molecule has 0 aromatic heterocycles. The molecule has 1 saturated carbocycles. The van der Waals surface area contributed by atoms with Crippen molar-refractivity contribution >= 4 is 27.5 Å². The van der Waals surface area contributed by atoms with Gasteiger partial charge in [0.05, 0.1) is 17.2 Å². The average Bonchev–Trinajstić information content (AvgIpc) is 3.29. The lowest BCUT2D eigenvalue weighted by Crippen LogP contribution is -2.17. The monoisotopic (exact) mass is 365 g/mol. The van der Waals surface area contributed by atoms with Gasteiger partial charge in [-0.3, -0.25) is 0 Å². The van der Waals surface area contributed by atoms with Crippen LogP contribution in [0.25, 0.3) is 0 Å². The van der Waals surface area contributed by atoms with Crippen molar-refractivity contribution in [1.29, 1.82) is 0 Å². The standard InChI is InChI=1S/C17H17BrClNO/c1-20-17(12-4-9-15(18)16(19)10-12)11-2-5-13(6-3-11)21-14-7-8-14/h2-6,9-10,14,17,20H,7-8H2,1H3. The Hall–Kier alpha value is -1.03. The highest BCUT2D eigenvalue weighted by molar-refractivity contribution is 9.10. The first kappa shape index (κ1) is 14.9. The third-order valence-corrected chi connectivity index (χ3v) is 4.84. The summed E-state index contributed by atoms with van der Waals surface area (Å²) in [6.45, 7) is 0. The lowest BCUT2D eigenvalue weighted by molar-refractivity contribution is 0.303. The summed E-state index contributed by atoms with van der Waals surface area (Å²) in [5.41, 5.74) is 2.33. The van der Waals surface area contributed by atoms with Crippen LogP contribution in [0.1, 0.15) is 30.0 Å². The Labute approximate surface area is 138 Å². The fourth-order valence-electron chi connectivity index (χ4n) is 2.33. The molecule has 0 bridgehead atoms. The van der Waals surface area contributed by atoms with E-state index in [2.05, 4.69) is 39.4 Å². The van der Waals surface area contributed by atoms with Crippen molar-refractivity contribution in [1.82, 2.24) is 5.32 Å². The molecule has 1 fully saturated rings. The summed E-state index contributed by atoms with van der Waals surface area (Å²) in [6.07, 6.45) is 2.79. The van der Waals surface area contributed by atoms with E-state index in [1.165, 1.54) is 18.4 Å². The molecule has 1 atom stereocenters. The van der Waals surface area contributed by atoms with E-state index in [1.54, 1.807) is 0 Å². The van der Waals surface area contributed by atoms with Crippen molar-refractivity contribution in [3.8, 4) is 5.75 Å². The zero-order chi connectivity index (χ0) is 14.8. The molecule has 0 radical (unpaired) electrons. The topological polar surface area (TPSA) is 21.3 Å². The maximum absolute atomic E-state index is 6.20. The number of hydrogen-bond acceptors (Lipinski definition) is 2. The Morgan fingerprint density at radius 3 is 2.38 bits per heavy atom. The minimum absolute atomic E-state index is 0.116. The number of rotatable bonds is 5. The molecule has 21 heavy (non-hydrogen) atoms. The minimum atomic E-state index is 0.116. The van der Waals surface area contributed by atoms with E-state index < -0.39 is 0 Å². The first-order valence-electron chi connectivity index (χ1n) is 7.06. The van der Waals surface area contributed by atoms with Crippen LogP contribution in [0.2, 0.25) is 5.02 Å². The van der Waals surface area contributed by atoms with Gasteiger partial charge in [-0.2, -0.15) is 0 Å². The van der Waals surface area contributed by atoms with Crippen LogP contribution >= 0.6 is 27.5 Å². The normalized spacial score (nSPS) is 15.8. The Balaban J connectivity index is 1.82. The molecule has 0 amide bonds. The van der Waals surface area contributed by atoms with Gasteiger partial charge < -0.3 is 10.1 Å². The number of ether oxygens (including phenoxy) is 1. The summed E-state index contributed by atoms with van der Waals surface area (Å²) in [7, 11) is 1.95. The second-order valence-electron chi connectivity index (χ2n) is 5.28. The van der Waals surface area contributed by atoms with E-state index in [0.717, 1.165) is 20.8 Å². The highest BCUT2D eigenvalue weighted by atomic mass is 79.9. The molecular weight excluding hydrogens is 350 g/mol. The van der Waals surface area contributed by atoms with E-state index in [1.807, 2.05) is 31.3 Å². The molecule has 1 aliphatic rings. The molecular formula is C17H17BrClNO. The molecule has 2 nitrogen and oxygen atoms in total. The second kappa shape index (κ2) is 6.39. The van der Waals surface area contributed by atoms with Gasteiger partial charge in [0.1, 0.15) is 5.75 Å². The van der Waals surface area contributed by atoms with E-state index >= 15 is 0 Å². The summed E-state index contributed by atoms with van der Waals surface area (Å²) < 4.78 is 6.70. The smallest absolute Gasteiger partial charge is 0.119 e. The summed E-state index contributed by atoms with van der Waals surface area (Å²) in [5.74, 6) is 0.949. The number of benzene rings is 2. The summed E-state index contributed by atoms with van der Waals surface area (Å²) in [4.78, 5) is 0. The van der Waals surface area contributed by atoms with Gasteiger partial charge in [-0.05, 0) is 71.2 Å². The van der Waals surface area contributed by atoms with Gasteiger partial charge >= 0.3 is 0 Å². The number of nitrogens with one attached hydrogen (secondary N) is 1. The van der Waals surface area contributed by atoms with E-state index in [9.17, 15) is 0 Å². The lowest BCUT2D eigenvalue weighted by Gasteiger charge is -2.18. The fraction of sp³-hybridized carbons (Fsp3) is 0.294. The molecule has 2 aromatic rings. The maximum atomic E-state index is 6.20. The Bertz CT molecular complexity index is 625. The van der Waals surface area contributed by atoms with Gasteiger partial charge in [-0.1, -0.05) is 29.8 Å². The fourth-order valence-corrected chi connectivity index (χ4v) is 2.77. The van der Waals surface area contributed by atoms with Gasteiger partial charge in [0.15, 0.2) is 0 Å². The largest absolute Gasteiger partial charge is 0.490 e. The molecule has 3 rings (SSSR count). The van der Waals surface area contributed by atoms with Gasteiger partial charge in [-0.15, -0.1) is 0 Å². The SMILES string of the molecule is CNC(c1ccc(OC2CC2)cc1)c1ccc(Br)c(Cl)c1. The zero-order valence-electron chi connectivity index (χ0n) is 11.8. The Morgan fingerprint density at radius 1 is 1.14 bits per heavy atom. The van der Waals surface area contributed by atoms with E-state index in [-0.39, 0.29) is 6.04 Å². The van der Waals surface area contributed by atoms with E-state index in [4.69, 9.17) is 16.3 Å². The van der Waals surface area contributed by atoms with Crippen LogP contribution < -0.4 is 10.1 Å². The van der Waals surface area contributed by atoms with Gasteiger partial charge in [0.2, 0.25) is 0 Å². The molecule has 1 unspecified atom stereocenters.